The first-order valence-electron chi connectivity index (χ1n) is 0.667. The van der Waals surface area contributed by atoms with Crippen molar-refractivity contribution < 1.29 is 0 Å². The molecule has 0 fully saturated rings. The zero-order valence-corrected chi connectivity index (χ0v) is 5.93. The van der Waals surface area contributed by atoms with Gasteiger partial charge in [0.15, 0.2) is 0 Å². The van der Waals surface area contributed by atoms with Crippen LogP contribution in [0.3, 0.4) is 0 Å². The number of rotatable bonds is 0. The van der Waals surface area contributed by atoms with Crippen molar-refractivity contribution in [2.24, 2.45) is 11.3 Å². The van der Waals surface area contributed by atoms with Gasteiger partial charge in [0.2, 0.25) is 0 Å². The summed E-state index contributed by atoms with van der Waals surface area (Å²) in [6.45, 7) is 0. The molecule has 30 valence electrons. The molecule has 0 amide bonds. The van der Waals surface area contributed by atoms with Gasteiger partial charge >= 0.3 is 37.7 Å². The molecule has 0 spiro atoms. The molecule has 0 rings (SSSR count). The molecule has 7 N–H and O–H groups in total. The smallest absolute Gasteiger partial charge is 0.605 e. The van der Waals surface area contributed by atoms with E-state index < -0.39 is 0 Å². The van der Waals surface area contributed by atoms with Gasteiger partial charge in [0.25, 0.3) is 0 Å². The molecular weight excluding hydrogens is 104 g/mol. The summed E-state index contributed by atoms with van der Waals surface area (Å²) in [5.74, 6) is 0. The van der Waals surface area contributed by atoms with Crippen LogP contribution in [0.4, 0.5) is 0 Å². The third kappa shape index (κ3) is 59.6. The fraction of sp³-hybridized carbons (Fsp3) is 0. The van der Waals surface area contributed by atoms with Crippen LogP contribution in [0.15, 0.2) is 0 Å². The Kier molecular flexibility index (Phi) is 481. The van der Waals surface area contributed by atoms with Crippen LogP contribution < -0.4 is 17.4 Å². The summed E-state index contributed by atoms with van der Waals surface area (Å²) < 4.78 is 0. The van der Waals surface area contributed by atoms with Crippen LogP contribution in [-0.4, -0.2) is 53.7 Å². The third-order valence-electron chi connectivity index (χ3n) is 0. The molecule has 0 saturated heterocycles. The first-order valence-corrected chi connectivity index (χ1v) is 0.667. The SMILES string of the molecule is N.[B-]N.[B-]N.[Ca+2]. The Morgan fingerprint density at radius 3 is 0.833 bits per heavy atom. The number of nitrogens with two attached hydrogens (primary N) is 2. The third-order valence-corrected chi connectivity index (χ3v) is 0. The summed E-state index contributed by atoms with van der Waals surface area (Å²) in [4.78, 5) is 0. The van der Waals surface area contributed by atoms with E-state index >= 15 is 0 Å². The topological polar surface area (TPSA) is 87.0 Å². The van der Waals surface area contributed by atoms with Crippen molar-refractivity contribution in [1.82, 2.24) is 6.15 Å². The molecule has 6 heavy (non-hydrogen) atoms. The van der Waals surface area contributed by atoms with Crippen molar-refractivity contribution in [3.63, 3.8) is 0 Å². The van der Waals surface area contributed by atoms with Gasteiger partial charge in [0.1, 0.15) is 0 Å². The summed E-state index contributed by atoms with van der Waals surface area (Å²) in [6, 6.07) is 0. The molecule has 0 aromatic heterocycles. The molecule has 6 heteroatoms. The second-order valence-corrected chi connectivity index (χ2v) is 0. The van der Waals surface area contributed by atoms with Crippen molar-refractivity contribution in [3.05, 3.63) is 0 Å². The first-order chi connectivity index (χ1) is 2.00. The maximum Gasteiger partial charge on any atom is 2.00 e. The van der Waals surface area contributed by atoms with Gasteiger partial charge in [0, 0.05) is 0 Å². The number of hydrogen-bond donors (Lipinski definition) is 3. The molecule has 0 heterocycles. The predicted octanol–water partition coefficient (Wildman–Crippen LogP) is -2.16. The van der Waals surface area contributed by atoms with Crippen LogP contribution in [0.25, 0.3) is 0 Å². The van der Waals surface area contributed by atoms with E-state index in [-0.39, 0.29) is 43.9 Å². The fourth-order valence-corrected chi connectivity index (χ4v) is 0. The molecule has 0 saturated carbocycles. The van der Waals surface area contributed by atoms with E-state index in [1.165, 1.54) is 0 Å². The van der Waals surface area contributed by atoms with Crippen LogP contribution in [0, 0.1) is 0 Å². The minimum absolute atomic E-state index is 0. The summed E-state index contributed by atoms with van der Waals surface area (Å²) >= 11 is 0. The van der Waals surface area contributed by atoms with E-state index in [0.717, 1.165) is 0 Å². The number of hydrogen-bond acceptors (Lipinski definition) is 3. The maximum absolute atomic E-state index is 4.00. The van der Waals surface area contributed by atoms with Crippen molar-refractivity contribution in [2.45, 2.75) is 0 Å². The second-order valence-electron chi connectivity index (χ2n) is 0. The van der Waals surface area contributed by atoms with Crippen LogP contribution in [0.1, 0.15) is 0 Å². The Labute approximate surface area is 70.7 Å². The fourth-order valence-electron chi connectivity index (χ4n) is 0. The van der Waals surface area contributed by atoms with Crippen LogP contribution in [0.5, 0.6) is 0 Å². The monoisotopic (exact) mass is 111 g/mol. The van der Waals surface area contributed by atoms with E-state index in [0.29, 0.717) is 0 Å². The molecule has 0 bridgehead atoms. The van der Waals surface area contributed by atoms with Gasteiger partial charge in [-0.15, -0.1) is 0 Å². The largest absolute Gasteiger partial charge is 2.00 e. The van der Waals surface area contributed by atoms with E-state index in [9.17, 15) is 0 Å². The Balaban J connectivity index is -0.00000000500. The summed E-state index contributed by atoms with van der Waals surface area (Å²) in [5, 5.41) is 0. The van der Waals surface area contributed by atoms with Gasteiger partial charge in [-0.2, -0.15) is 0 Å². The van der Waals surface area contributed by atoms with Gasteiger partial charge in [-0.25, -0.2) is 0 Å². The average molecular weight is 111 g/mol. The maximum atomic E-state index is 4.00. The zero-order chi connectivity index (χ0) is 4.00. The molecular formula is H7B2CaN3. The van der Waals surface area contributed by atoms with Gasteiger partial charge in [-0.3, -0.25) is 0 Å². The van der Waals surface area contributed by atoms with Crippen LogP contribution >= 0.6 is 0 Å². The van der Waals surface area contributed by atoms with E-state index in [4.69, 9.17) is 0 Å². The van der Waals surface area contributed by atoms with E-state index in [2.05, 4.69) is 27.3 Å². The molecule has 0 aromatic carbocycles. The van der Waals surface area contributed by atoms with Crippen molar-refractivity contribution in [3.8, 4) is 0 Å². The van der Waals surface area contributed by atoms with Gasteiger partial charge in [0.05, 0.1) is 0 Å². The Hall–Kier alpha value is 1.27. The van der Waals surface area contributed by atoms with Crippen LogP contribution in [0.2, 0.25) is 0 Å². The quantitative estimate of drug-likeness (QED) is 0.311. The van der Waals surface area contributed by atoms with E-state index in [1.54, 1.807) is 0 Å². The molecule has 6 radical (unpaired) electrons. The normalized spacial score (nSPS) is 2.00. The van der Waals surface area contributed by atoms with Crippen LogP contribution in [-0.2, 0) is 0 Å². The van der Waals surface area contributed by atoms with Gasteiger partial charge in [-0.1, -0.05) is 0 Å². The Morgan fingerprint density at radius 2 is 0.833 bits per heavy atom. The standard InChI is InChI=1S/2BH2N.Ca.H3N/c2*1-2;;/h2*2H2;;1H3/q2*-1;+2;. The summed E-state index contributed by atoms with van der Waals surface area (Å²) in [6.07, 6.45) is 0. The minimum atomic E-state index is 0. The van der Waals surface area contributed by atoms with Crippen molar-refractivity contribution in [2.75, 3.05) is 0 Å². The Bertz CT molecular complexity index is 8.75. The molecule has 0 aliphatic rings. The van der Waals surface area contributed by atoms with Gasteiger partial charge < -0.3 is 33.4 Å². The second kappa shape index (κ2) is 108. The zero-order valence-electron chi connectivity index (χ0n) is 3.72. The summed E-state index contributed by atoms with van der Waals surface area (Å²) in [7, 11) is 8.00. The Morgan fingerprint density at radius 1 is 0.833 bits per heavy atom. The molecule has 0 aliphatic heterocycles. The van der Waals surface area contributed by atoms with Crippen molar-refractivity contribution >= 4 is 53.7 Å². The molecule has 0 aromatic rings. The molecule has 0 aliphatic carbocycles. The predicted molar refractivity (Wildman–Crippen MR) is 30.7 cm³/mol. The van der Waals surface area contributed by atoms with Gasteiger partial charge in [-0.05, 0) is 0 Å². The van der Waals surface area contributed by atoms with E-state index in [1.807, 2.05) is 0 Å². The minimum Gasteiger partial charge on any atom is -0.605 e. The first kappa shape index (κ1) is 26.7. The average Bonchev–Trinajstić information content (AvgIpc) is 1.50. The summed E-state index contributed by atoms with van der Waals surface area (Å²) in [5.41, 5.74) is 8.00. The molecule has 0 atom stereocenters. The van der Waals surface area contributed by atoms with Crippen molar-refractivity contribution in [1.29, 1.82) is 0 Å². The molecule has 3 nitrogen and oxygen atoms in total. The molecule has 0 unspecified atom stereocenters.